The summed E-state index contributed by atoms with van der Waals surface area (Å²) in [6.45, 7) is 2.71. The molecule has 1 heterocycles. The Morgan fingerprint density at radius 2 is 1.74 bits per heavy atom. The molecular formula is C26H26N2O2S. The number of thioether (sulfide) groups is 1. The van der Waals surface area contributed by atoms with Gasteiger partial charge in [0.05, 0.1) is 19.2 Å². The zero-order valence-electron chi connectivity index (χ0n) is 17.8. The Morgan fingerprint density at radius 1 is 1.00 bits per heavy atom. The molecule has 4 rings (SSSR count). The number of nitrogens with one attached hydrogen (secondary N) is 2. The van der Waals surface area contributed by atoms with Crippen molar-refractivity contribution in [2.75, 3.05) is 19.4 Å². The van der Waals surface area contributed by atoms with Crippen LogP contribution in [0.25, 0.3) is 22.2 Å². The first-order chi connectivity index (χ1) is 15.1. The first-order valence-electron chi connectivity index (χ1n) is 10.3. The lowest BCUT2D eigenvalue weighted by Gasteiger charge is -2.08. The van der Waals surface area contributed by atoms with Crippen molar-refractivity contribution in [2.24, 2.45) is 0 Å². The maximum Gasteiger partial charge on any atom is 0.224 e. The SMILES string of the molecule is COc1ccc(CC(=O)NCCSc2c(-c3ccc(C)cc3)[nH]c3ccccc23)cc1. The van der Waals surface area contributed by atoms with E-state index in [2.05, 4.69) is 59.7 Å². The van der Waals surface area contributed by atoms with Crippen molar-refractivity contribution in [3.05, 3.63) is 83.9 Å². The molecule has 0 fully saturated rings. The van der Waals surface area contributed by atoms with E-state index in [0.29, 0.717) is 13.0 Å². The predicted molar refractivity (Wildman–Crippen MR) is 129 cm³/mol. The molecule has 1 amide bonds. The number of ether oxygens (including phenoxy) is 1. The van der Waals surface area contributed by atoms with Crippen molar-refractivity contribution in [1.82, 2.24) is 10.3 Å². The molecule has 5 heteroatoms. The minimum absolute atomic E-state index is 0.0310. The Balaban J connectivity index is 1.40. The number of para-hydroxylation sites is 1. The number of carbonyl (C=O) groups is 1. The molecule has 0 saturated carbocycles. The van der Waals surface area contributed by atoms with E-state index in [-0.39, 0.29) is 5.91 Å². The number of fused-ring (bicyclic) bond motifs is 1. The topological polar surface area (TPSA) is 54.1 Å². The average Bonchev–Trinajstić information content (AvgIpc) is 3.16. The summed E-state index contributed by atoms with van der Waals surface area (Å²) >= 11 is 1.77. The Morgan fingerprint density at radius 3 is 2.48 bits per heavy atom. The van der Waals surface area contributed by atoms with Crippen LogP contribution in [0.2, 0.25) is 0 Å². The minimum Gasteiger partial charge on any atom is -0.497 e. The van der Waals surface area contributed by atoms with E-state index in [9.17, 15) is 4.79 Å². The van der Waals surface area contributed by atoms with Gasteiger partial charge in [0.2, 0.25) is 5.91 Å². The van der Waals surface area contributed by atoms with E-state index >= 15 is 0 Å². The van der Waals surface area contributed by atoms with Crippen LogP contribution >= 0.6 is 11.8 Å². The largest absolute Gasteiger partial charge is 0.497 e. The molecule has 0 aliphatic rings. The van der Waals surface area contributed by atoms with Gasteiger partial charge in [-0.3, -0.25) is 4.79 Å². The standard InChI is InChI=1S/C26H26N2O2S/c1-18-7-11-20(12-8-18)25-26(22-5-3-4-6-23(22)28-25)31-16-15-27-24(29)17-19-9-13-21(30-2)14-10-19/h3-14,28H,15-17H2,1-2H3,(H,27,29). The summed E-state index contributed by atoms with van der Waals surface area (Å²) < 4.78 is 5.16. The molecule has 4 nitrogen and oxygen atoms in total. The lowest BCUT2D eigenvalue weighted by atomic mass is 10.1. The summed E-state index contributed by atoms with van der Waals surface area (Å²) in [4.78, 5) is 17.1. The molecular weight excluding hydrogens is 404 g/mol. The van der Waals surface area contributed by atoms with E-state index in [1.165, 1.54) is 21.4 Å². The Hall–Kier alpha value is -3.18. The number of carbonyl (C=O) groups excluding carboxylic acids is 1. The number of aryl methyl sites for hydroxylation is 1. The van der Waals surface area contributed by atoms with Gasteiger partial charge in [0.15, 0.2) is 0 Å². The molecule has 0 aliphatic carbocycles. The second kappa shape index (κ2) is 9.75. The second-order valence-corrected chi connectivity index (χ2v) is 8.57. The van der Waals surface area contributed by atoms with Gasteiger partial charge < -0.3 is 15.0 Å². The van der Waals surface area contributed by atoms with Crippen LogP contribution in [-0.4, -0.2) is 30.3 Å². The second-order valence-electron chi connectivity index (χ2n) is 7.46. The zero-order chi connectivity index (χ0) is 21.6. The van der Waals surface area contributed by atoms with Crippen molar-refractivity contribution in [3.8, 4) is 17.0 Å². The van der Waals surface area contributed by atoms with Gasteiger partial charge in [0.1, 0.15) is 5.75 Å². The van der Waals surface area contributed by atoms with Gasteiger partial charge in [-0.1, -0.05) is 60.2 Å². The molecule has 2 N–H and O–H groups in total. The number of rotatable bonds is 8. The highest BCUT2D eigenvalue weighted by Crippen LogP contribution is 2.37. The van der Waals surface area contributed by atoms with Gasteiger partial charge >= 0.3 is 0 Å². The van der Waals surface area contributed by atoms with Gasteiger partial charge in [-0.25, -0.2) is 0 Å². The summed E-state index contributed by atoms with van der Waals surface area (Å²) in [5, 5.41) is 4.25. The molecule has 0 unspecified atom stereocenters. The number of benzene rings is 3. The van der Waals surface area contributed by atoms with E-state index in [4.69, 9.17) is 4.74 Å². The molecule has 4 aromatic rings. The zero-order valence-corrected chi connectivity index (χ0v) is 18.6. The van der Waals surface area contributed by atoms with Gasteiger partial charge in [-0.15, -0.1) is 11.8 Å². The van der Waals surface area contributed by atoms with Crippen LogP contribution in [0.4, 0.5) is 0 Å². The predicted octanol–water partition coefficient (Wildman–Crippen LogP) is 5.60. The van der Waals surface area contributed by atoms with Gasteiger partial charge in [-0.2, -0.15) is 0 Å². The molecule has 0 spiro atoms. The molecule has 0 bridgehead atoms. The number of amides is 1. The number of H-pyrrole nitrogens is 1. The first kappa shape index (κ1) is 21.1. The quantitative estimate of drug-likeness (QED) is 0.282. The first-order valence-corrected chi connectivity index (χ1v) is 11.3. The third-order valence-electron chi connectivity index (χ3n) is 5.19. The maximum absolute atomic E-state index is 12.3. The van der Waals surface area contributed by atoms with Crippen molar-refractivity contribution >= 4 is 28.6 Å². The number of aromatic amines is 1. The fourth-order valence-corrected chi connectivity index (χ4v) is 4.58. The molecule has 0 saturated heterocycles. The molecule has 158 valence electrons. The van der Waals surface area contributed by atoms with Gasteiger partial charge in [-0.05, 0) is 36.2 Å². The minimum atomic E-state index is 0.0310. The van der Waals surface area contributed by atoms with Crippen LogP contribution in [0.1, 0.15) is 11.1 Å². The Kier molecular flexibility index (Phi) is 6.63. The summed E-state index contributed by atoms with van der Waals surface area (Å²) in [5.41, 5.74) is 5.66. The van der Waals surface area contributed by atoms with E-state index in [1.807, 2.05) is 30.3 Å². The number of methoxy groups -OCH3 is 1. The van der Waals surface area contributed by atoms with Crippen LogP contribution in [0.5, 0.6) is 5.75 Å². The molecule has 1 aromatic heterocycles. The third kappa shape index (κ3) is 5.12. The van der Waals surface area contributed by atoms with E-state index < -0.39 is 0 Å². The lowest BCUT2D eigenvalue weighted by molar-refractivity contribution is -0.120. The highest BCUT2D eigenvalue weighted by atomic mass is 32.2. The third-order valence-corrected chi connectivity index (χ3v) is 6.31. The van der Waals surface area contributed by atoms with E-state index in [0.717, 1.165) is 28.3 Å². The fraction of sp³-hybridized carbons (Fsp3) is 0.192. The van der Waals surface area contributed by atoms with Crippen LogP contribution in [-0.2, 0) is 11.2 Å². The Labute approximate surface area is 187 Å². The average molecular weight is 431 g/mol. The number of aromatic nitrogens is 1. The van der Waals surface area contributed by atoms with Crippen LogP contribution in [0.15, 0.2) is 77.7 Å². The summed E-state index contributed by atoms with van der Waals surface area (Å²) in [5.74, 6) is 1.63. The van der Waals surface area contributed by atoms with Gasteiger partial charge in [0, 0.05) is 28.1 Å². The molecule has 3 aromatic carbocycles. The van der Waals surface area contributed by atoms with Crippen molar-refractivity contribution in [1.29, 1.82) is 0 Å². The van der Waals surface area contributed by atoms with Crippen molar-refractivity contribution < 1.29 is 9.53 Å². The van der Waals surface area contributed by atoms with E-state index in [1.54, 1.807) is 18.9 Å². The smallest absolute Gasteiger partial charge is 0.224 e. The number of hydrogen-bond acceptors (Lipinski definition) is 3. The van der Waals surface area contributed by atoms with Gasteiger partial charge in [0.25, 0.3) is 0 Å². The molecule has 0 atom stereocenters. The van der Waals surface area contributed by atoms with Crippen LogP contribution in [0, 0.1) is 6.92 Å². The molecule has 31 heavy (non-hydrogen) atoms. The lowest BCUT2D eigenvalue weighted by Crippen LogP contribution is -2.27. The van der Waals surface area contributed by atoms with Crippen molar-refractivity contribution in [3.63, 3.8) is 0 Å². The monoisotopic (exact) mass is 430 g/mol. The maximum atomic E-state index is 12.3. The summed E-state index contributed by atoms with van der Waals surface area (Å²) in [6, 6.07) is 24.5. The summed E-state index contributed by atoms with van der Waals surface area (Å²) in [6.07, 6.45) is 0.371. The van der Waals surface area contributed by atoms with Crippen LogP contribution in [0.3, 0.4) is 0 Å². The normalized spacial score (nSPS) is 10.9. The summed E-state index contributed by atoms with van der Waals surface area (Å²) in [7, 11) is 1.64. The highest BCUT2D eigenvalue weighted by molar-refractivity contribution is 7.99. The molecule has 0 radical (unpaired) electrons. The molecule has 0 aliphatic heterocycles. The highest BCUT2D eigenvalue weighted by Gasteiger charge is 2.13. The number of hydrogen-bond donors (Lipinski definition) is 2. The fourth-order valence-electron chi connectivity index (χ4n) is 3.52. The van der Waals surface area contributed by atoms with Crippen LogP contribution < -0.4 is 10.1 Å². The Bertz CT molecular complexity index is 1160. The van der Waals surface area contributed by atoms with Crippen molar-refractivity contribution in [2.45, 2.75) is 18.2 Å².